The first-order valence-corrected chi connectivity index (χ1v) is 11.5. The number of carbonyl (C=O) groups excluding carboxylic acids is 1. The molecule has 0 amide bonds. The average Bonchev–Trinajstić information content (AvgIpc) is 3.06. The van der Waals surface area contributed by atoms with Crippen LogP contribution in [0, 0.1) is 11.8 Å². The zero-order chi connectivity index (χ0) is 17.4. The van der Waals surface area contributed by atoms with Gasteiger partial charge in [0.2, 0.25) is 0 Å². The maximum absolute atomic E-state index is 12.8. The molecule has 4 rings (SSSR count). The van der Waals surface area contributed by atoms with Crippen molar-refractivity contribution in [2.45, 2.75) is 94.0 Å². The molecule has 7 atom stereocenters. The highest BCUT2D eigenvalue weighted by Crippen LogP contribution is 2.45. The van der Waals surface area contributed by atoms with E-state index in [-0.39, 0.29) is 18.0 Å². The summed E-state index contributed by atoms with van der Waals surface area (Å²) in [5.74, 6) is 0.728. The second-order valence-electron chi connectivity index (χ2n) is 8.42. The topological polar surface area (TPSA) is 41.6 Å². The van der Waals surface area contributed by atoms with Crippen molar-refractivity contribution in [3.05, 3.63) is 0 Å². The first-order chi connectivity index (χ1) is 12.2. The zero-order valence-electron chi connectivity index (χ0n) is 15.8. The number of rotatable bonds is 4. The average molecular weight is 367 g/mol. The Bertz CT molecular complexity index is 470. The Morgan fingerprint density at radius 3 is 2.68 bits per heavy atom. The molecule has 0 aromatic rings. The van der Waals surface area contributed by atoms with Gasteiger partial charge in [0.05, 0.1) is 11.3 Å². The molecule has 2 aliphatic carbocycles. The Hall–Kier alpha value is -0.260. The van der Waals surface area contributed by atoms with Gasteiger partial charge in [0.25, 0.3) is 0 Å². The van der Waals surface area contributed by atoms with E-state index in [0.29, 0.717) is 23.4 Å². The molecule has 25 heavy (non-hydrogen) atoms. The van der Waals surface area contributed by atoms with Gasteiger partial charge >= 0.3 is 5.97 Å². The molecule has 2 heterocycles. The fourth-order valence-corrected chi connectivity index (χ4v) is 7.41. The Kier molecular flexibility index (Phi) is 5.63. The SMILES string of the molecule is CCN(CC)C1CCC2CC(C3NC4CCCCC4S3)C(=O)OC2C1. The minimum atomic E-state index is 0.0712. The Balaban J connectivity index is 1.37. The van der Waals surface area contributed by atoms with Gasteiger partial charge in [-0.1, -0.05) is 26.7 Å². The molecule has 4 aliphatic rings. The Morgan fingerprint density at radius 1 is 1.12 bits per heavy atom. The number of nitrogens with zero attached hydrogens (tertiary/aromatic N) is 1. The predicted octanol–water partition coefficient (Wildman–Crippen LogP) is 3.40. The van der Waals surface area contributed by atoms with E-state index in [0.717, 1.165) is 31.2 Å². The number of carbonyl (C=O) groups is 1. The number of hydrogen-bond donors (Lipinski definition) is 1. The van der Waals surface area contributed by atoms with Crippen molar-refractivity contribution < 1.29 is 9.53 Å². The molecule has 0 spiro atoms. The third-order valence-corrected chi connectivity index (χ3v) is 8.80. The van der Waals surface area contributed by atoms with Crippen LogP contribution in [0.3, 0.4) is 0 Å². The maximum Gasteiger partial charge on any atom is 0.311 e. The normalized spacial score (nSPS) is 44.3. The van der Waals surface area contributed by atoms with Gasteiger partial charge in [0, 0.05) is 23.8 Å². The van der Waals surface area contributed by atoms with Gasteiger partial charge in [-0.25, -0.2) is 0 Å². The van der Waals surface area contributed by atoms with Crippen molar-refractivity contribution in [3.8, 4) is 0 Å². The standard InChI is InChI=1S/C20H34N2O2S/c1-3-22(4-2)14-10-9-13-11-15(20(23)24-17(13)12-14)19-21-16-7-5-6-8-18(16)25-19/h13-19,21H,3-12H2,1-2H3. The van der Waals surface area contributed by atoms with E-state index in [9.17, 15) is 4.79 Å². The predicted molar refractivity (Wildman–Crippen MR) is 103 cm³/mol. The Morgan fingerprint density at radius 2 is 1.92 bits per heavy atom. The molecule has 2 aliphatic heterocycles. The van der Waals surface area contributed by atoms with Crippen molar-refractivity contribution in [2.75, 3.05) is 13.1 Å². The summed E-state index contributed by atoms with van der Waals surface area (Å²) in [5, 5.41) is 4.81. The lowest BCUT2D eigenvalue weighted by molar-refractivity contribution is -0.170. The molecule has 7 unspecified atom stereocenters. The van der Waals surface area contributed by atoms with E-state index in [4.69, 9.17) is 4.74 Å². The third kappa shape index (κ3) is 3.61. The van der Waals surface area contributed by atoms with Crippen LogP contribution in [0.5, 0.6) is 0 Å². The second kappa shape index (κ2) is 7.77. The van der Waals surface area contributed by atoms with Gasteiger partial charge in [-0.3, -0.25) is 4.79 Å². The summed E-state index contributed by atoms with van der Waals surface area (Å²) < 4.78 is 6.02. The number of ether oxygens (including phenoxy) is 1. The van der Waals surface area contributed by atoms with E-state index in [1.807, 2.05) is 11.8 Å². The van der Waals surface area contributed by atoms with Crippen LogP contribution in [0.25, 0.3) is 0 Å². The molecule has 0 radical (unpaired) electrons. The maximum atomic E-state index is 12.8. The number of hydrogen-bond acceptors (Lipinski definition) is 5. The fraction of sp³-hybridized carbons (Fsp3) is 0.950. The van der Waals surface area contributed by atoms with Crippen LogP contribution in [0.1, 0.15) is 65.2 Å². The quantitative estimate of drug-likeness (QED) is 0.772. The van der Waals surface area contributed by atoms with Crippen LogP contribution in [0.2, 0.25) is 0 Å². The molecular formula is C20H34N2O2S. The van der Waals surface area contributed by atoms with Crippen molar-refractivity contribution in [1.82, 2.24) is 10.2 Å². The summed E-state index contributed by atoms with van der Waals surface area (Å²) in [4.78, 5) is 15.3. The van der Waals surface area contributed by atoms with E-state index >= 15 is 0 Å². The molecule has 0 bridgehead atoms. The largest absolute Gasteiger partial charge is 0.462 e. The smallest absolute Gasteiger partial charge is 0.311 e. The van der Waals surface area contributed by atoms with E-state index in [1.54, 1.807) is 0 Å². The molecule has 0 aromatic carbocycles. The van der Waals surface area contributed by atoms with Crippen LogP contribution in [0.4, 0.5) is 0 Å². The van der Waals surface area contributed by atoms with Crippen LogP contribution in [-0.2, 0) is 9.53 Å². The van der Waals surface area contributed by atoms with Crippen molar-refractivity contribution >= 4 is 17.7 Å². The highest BCUT2D eigenvalue weighted by molar-refractivity contribution is 8.00. The summed E-state index contributed by atoms with van der Waals surface area (Å²) in [5.41, 5.74) is 0. The zero-order valence-corrected chi connectivity index (χ0v) is 16.6. The molecule has 1 N–H and O–H groups in total. The van der Waals surface area contributed by atoms with E-state index in [1.165, 1.54) is 38.5 Å². The minimum absolute atomic E-state index is 0.0712. The lowest BCUT2D eigenvalue weighted by Crippen LogP contribution is -2.51. The first-order valence-electron chi connectivity index (χ1n) is 10.6. The molecule has 5 heteroatoms. The molecular weight excluding hydrogens is 332 g/mol. The summed E-state index contributed by atoms with van der Waals surface area (Å²) in [6.45, 7) is 6.67. The number of nitrogens with one attached hydrogen (secondary N) is 1. The molecule has 2 saturated carbocycles. The highest BCUT2D eigenvalue weighted by Gasteiger charge is 2.48. The minimum Gasteiger partial charge on any atom is -0.462 e. The van der Waals surface area contributed by atoms with Gasteiger partial charge in [-0.05, 0) is 51.1 Å². The van der Waals surface area contributed by atoms with E-state index < -0.39 is 0 Å². The van der Waals surface area contributed by atoms with Crippen molar-refractivity contribution in [3.63, 3.8) is 0 Å². The lowest BCUT2D eigenvalue weighted by Gasteiger charge is -2.44. The first kappa shape index (κ1) is 18.1. The number of thioether (sulfide) groups is 1. The van der Waals surface area contributed by atoms with Gasteiger partial charge in [-0.2, -0.15) is 0 Å². The molecule has 2 saturated heterocycles. The van der Waals surface area contributed by atoms with Crippen LogP contribution in [-0.4, -0.2) is 52.8 Å². The summed E-state index contributed by atoms with van der Waals surface area (Å²) in [7, 11) is 0. The Labute approximate surface area is 156 Å². The summed E-state index contributed by atoms with van der Waals surface area (Å²) in [6, 6.07) is 1.23. The number of fused-ring (bicyclic) bond motifs is 2. The van der Waals surface area contributed by atoms with Gasteiger partial charge < -0.3 is 15.0 Å². The third-order valence-electron chi connectivity index (χ3n) is 7.12. The molecule has 0 aromatic heterocycles. The van der Waals surface area contributed by atoms with Gasteiger partial charge in [0.15, 0.2) is 0 Å². The highest BCUT2D eigenvalue weighted by atomic mass is 32.2. The van der Waals surface area contributed by atoms with Crippen LogP contribution in [0.15, 0.2) is 0 Å². The van der Waals surface area contributed by atoms with Gasteiger partial charge in [0.1, 0.15) is 6.10 Å². The lowest BCUT2D eigenvalue weighted by atomic mass is 9.76. The van der Waals surface area contributed by atoms with Crippen LogP contribution >= 0.6 is 11.8 Å². The molecule has 142 valence electrons. The van der Waals surface area contributed by atoms with Crippen molar-refractivity contribution in [1.29, 1.82) is 0 Å². The fourth-order valence-electron chi connectivity index (χ4n) is 5.66. The molecule has 4 nitrogen and oxygen atoms in total. The summed E-state index contributed by atoms with van der Waals surface area (Å²) >= 11 is 2.04. The van der Waals surface area contributed by atoms with Gasteiger partial charge in [-0.15, -0.1) is 11.8 Å². The number of esters is 1. The summed E-state index contributed by atoms with van der Waals surface area (Å²) in [6.07, 6.45) is 10.0. The van der Waals surface area contributed by atoms with Crippen molar-refractivity contribution in [2.24, 2.45) is 11.8 Å². The molecule has 4 fully saturated rings. The second-order valence-corrected chi connectivity index (χ2v) is 9.80. The van der Waals surface area contributed by atoms with E-state index in [2.05, 4.69) is 24.1 Å². The monoisotopic (exact) mass is 366 g/mol. The van der Waals surface area contributed by atoms with Crippen LogP contribution < -0.4 is 5.32 Å².